The van der Waals surface area contributed by atoms with Crippen LogP contribution < -0.4 is 45.9 Å². The number of β-amino-alcohol motifs (C(OH)–C–C–N with tert-alkyl or cyclic N) is 1. The number of amides is 6. The number of aliphatic hydroxyl groups excluding tert-OH is 8. The minimum atomic E-state index is -5.23. The van der Waals surface area contributed by atoms with Crippen LogP contribution in [-0.2, 0) is 50.3 Å². The van der Waals surface area contributed by atoms with Crippen molar-refractivity contribution >= 4 is 68.3 Å². The fraction of sp³-hybridized carbons (Fsp3) is 0.636. The zero-order chi connectivity index (χ0) is 73.1. The minimum Gasteiger partial charge on any atom is -0.504 e. The number of piperidine rings is 2. The van der Waals surface area contributed by atoms with E-state index in [1.54, 1.807) is 0 Å². The Morgan fingerprint density at radius 2 is 1.37 bits per heavy atom. The van der Waals surface area contributed by atoms with E-state index in [4.69, 9.17) is 14.7 Å². The molecule has 102 heavy (non-hydrogen) atoms. The molecule has 5 saturated heterocycles. The van der Waals surface area contributed by atoms with Crippen LogP contribution in [0.2, 0.25) is 0 Å². The number of carbonyl (C=O) groups is 6. The van der Waals surface area contributed by atoms with E-state index in [9.17, 15) is 87.7 Å². The lowest BCUT2D eigenvalue weighted by atomic mass is 9.86. The van der Waals surface area contributed by atoms with E-state index in [0.29, 0.717) is 42.0 Å². The maximum Gasteiger partial charge on any atom is 0.446 e. The van der Waals surface area contributed by atoms with Gasteiger partial charge in [0, 0.05) is 94.7 Å². The predicted molar refractivity (Wildman–Crippen MR) is 366 cm³/mol. The first-order chi connectivity index (χ1) is 48.7. The summed E-state index contributed by atoms with van der Waals surface area (Å²) in [5.74, 6) is -7.87. The number of phenols is 1. The van der Waals surface area contributed by atoms with Gasteiger partial charge in [-0.05, 0) is 106 Å². The van der Waals surface area contributed by atoms with Crippen LogP contribution in [0.15, 0.2) is 54.9 Å². The molecular weight excluding hydrogens is 1370 g/mol. The number of rotatable bonds is 23. The van der Waals surface area contributed by atoms with Crippen molar-refractivity contribution in [1.29, 1.82) is 0 Å². The number of hydrogen-bond donors (Lipinski definition) is 16. The largest absolute Gasteiger partial charge is 0.504 e. The Balaban J connectivity index is 0.838. The van der Waals surface area contributed by atoms with Crippen LogP contribution in [0.25, 0.3) is 21.7 Å². The molecule has 6 amide bonds. The number of aromatic nitrogens is 4. The summed E-state index contributed by atoms with van der Waals surface area (Å²) in [6.07, 6.45) is -1.42. The molecule has 1 saturated carbocycles. The molecule has 4 aromatic rings. The van der Waals surface area contributed by atoms with E-state index in [1.165, 1.54) is 44.4 Å². The Hall–Kier alpha value is -7.43. The monoisotopic (exact) mass is 1470 g/mol. The van der Waals surface area contributed by atoms with Gasteiger partial charge >= 0.3 is 10.4 Å². The van der Waals surface area contributed by atoms with Crippen molar-refractivity contribution in [3.8, 4) is 33.2 Å². The summed E-state index contributed by atoms with van der Waals surface area (Å²) in [4.78, 5) is 104. The van der Waals surface area contributed by atoms with Crippen LogP contribution in [0.5, 0.6) is 11.5 Å². The van der Waals surface area contributed by atoms with Crippen molar-refractivity contribution in [3.05, 3.63) is 60.4 Å². The van der Waals surface area contributed by atoms with Crippen molar-refractivity contribution in [3.63, 3.8) is 0 Å². The van der Waals surface area contributed by atoms with Crippen LogP contribution >= 0.6 is 11.3 Å². The fourth-order valence-electron chi connectivity index (χ4n) is 13.7. The molecule has 0 spiro atoms. The van der Waals surface area contributed by atoms with Crippen molar-refractivity contribution in [2.75, 3.05) is 88.5 Å². The minimum absolute atomic E-state index is 0.0611. The number of fused-ring (bicyclic) bond motifs is 2. The SMILES string of the molecule is C[C@@H](O)[C@@H]1NC(=O)[C@@H](NCC2CCN(c3nnc(-c4ccc(-c5cnc(N6CCC(OCC7CCC7)CC6)nc5)cc4)s3)CC2)C[C@@H](O)CNC(=O)[C@@H]2[C@@H](O)[C@@H](C)CN2C(=O)[C@H]([C@H](O)CCNC(CO)CO)NC(=O)[C@H]([C@H](O)Cc2ccc(O)c(OS(=O)(=O)O)c2)NC(=O)[C@@H]2C[C@@H](O)CN2C1=O. The third-order valence-corrected chi connectivity index (χ3v) is 21.4. The Morgan fingerprint density at radius 1 is 0.716 bits per heavy atom. The number of ether oxygens (including phenoxy) is 1. The Morgan fingerprint density at radius 3 is 2.03 bits per heavy atom. The molecule has 10 rings (SSSR count). The first-order valence-corrected chi connectivity index (χ1v) is 36.9. The molecule has 7 heterocycles. The molecule has 2 aromatic heterocycles. The lowest BCUT2D eigenvalue weighted by Crippen LogP contribution is -2.64. The van der Waals surface area contributed by atoms with Gasteiger partial charge in [-0.15, -0.1) is 10.2 Å². The molecule has 6 aliphatic rings. The van der Waals surface area contributed by atoms with Gasteiger partial charge in [0.1, 0.15) is 35.2 Å². The van der Waals surface area contributed by atoms with Crippen LogP contribution in [0.3, 0.4) is 0 Å². The van der Waals surface area contributed by atoms with Gasteiger partial charge in [-0.1, -0.05) is 55.0 Å². The summed E-state index contributed by atoms with van der Waals surface area (Å²) >= 11 is 1.44. The Bertz CT molecular complexity index is 3620. The van der Waals surface area contributed by atoms with E-state index in [0.717, 1.165) is 83.1 Å². The van der Waals surface area contributed by atoms with Crippen molar-refractivity contribution in [2.45, 2.75) is 169 Å². The normalized spacial score (nSPS) is 26.9. The zero-order valence-corrected chi connectivity index (χ0v) is 58.4. The van der Waals surface area contributed by atoms with Gasteiger partial charge in [-0.3, -0.25) is 33.3 Å². The lowest BCUT2D eigenvalue weighted by molar-refractivity contribution is -0.147. The highest BCUT2D eigenvalue weighted by molar-refractivity contribution is 7.81. The lowest BCUT2D eigenvalue weighted by Gasteiger charge is -2.34. The average Bonchev–Trinajstić information content (AvgIpc) is 1.61. The van der Waals surface area contributed by atoms with E-state index in [-0.39, 0.29) is 37.2 Å². The second-order valence-electron chi connectivity index (χ2n) is 27.5. The number of aliphatic hydroxyl groups is 8. The van der Waals surface area contributed by atoms with Crippen LogP contribution in [0, 0.1) is 17.8 Å². The number of hydrogen-bond acceptors (Lipinski definition) is 28. The van der Waals surface area contributed by atoms with E-state index in [1.807, 2.05) is 36.7 Å². The average molecular weight is 1470 g/mol. The molecule has 0 radical (unpaired) electrons. The molecule has 36 heteroatoms. The van der Waals surface area contributed by atoms with Gasteiger partial charge < -0.3 is 106 Å². The van der Waals surface area contributed by atoms with Gasteiger partial charge in [0.15, 0.2) is 11.5 Å². The Labute approximate surface area is 593 Å². The first-order valence-electron chi connectivity index (χ1n) is 34.7. The van der Waals surface area contributed by atoms with Gasteiger partial charge in [0.2, 0.25) is 46.5 Å². The smallest absolute Gasteiger partial charge is 0.446 e. The summed E-state index contributed by atoms with van der Waals surface area (Å²) < 4.78 is 43.3. The fourth-order valence-corrected chi connectivity index (χ4v) is 14.9. The maximum atomic E-state index is 15.0. The van der Waals surface area contributed by atoms with Gasteiger partial charge in [0.25, 0.3) is 0 Å². The maximum absolute atomic E-state index is 15.0. The molecule has 2 aromatic carbocycles. The van der Waals surface area contributed by atoms with Gasteiger partial charge in [-0.2, -0.15) is 8.42 Å². The summed E-state index contributed by atoms with van der Waals surface area (Å²) in [6, 6.07) is -0.944. The van der Waals surface area contributed by atoms with Crippen molar-refractivity contribution in [2.24, 2.45) is 17.8 Å². The third kappa shape index (κ3) is 19.7. The van der Waals surface area contributed by atoms with Crippen LogP contribution in [0.1, 0.15) is 83.6 Å². The van der Waals surface area contributed by atoms with Crippen LogP contribution in [0.4, 0.5) is 11.1 Å². The number of anilines is 2. The molecule has 6 fully saturated rings. The van der Waals surface area contributed by atoms with Crippen LogP contribution in [-0.4, -0.2) is 288 Å². The second-order valence-corrected chi connectivity index (χ2v) is 29.5. The third-order valence-electron chi connectivity index (χ3n) is 20.0. The summed E-state index contributed by atoms with van der Waals surface area (Å²) in [5, 5.41) is 125. The number of carbonyl (C=O) groups excluding carboxylic acids is 6. The summed E-state index contributed by atoms with van der Waals surface area (Å²) in [7, 11) is -5.23. The molecule has 16 N–H and O–H groups in total. The number of phenolic OH excluding ortho intramolecular Hbond substituents is 1. The zero-order valence-electron chi connectivity index (χ0n) is 56.7. The highest BCUT2D eigenvalue weighted by Crippen LogP contribution is 2.35. The number of nitrogens with one attached hydrogen (secondary N) is 6. The summed E-state index contributed by atoms with van der Waals surface area (Å²) in [6.45, 7) is 3.75. The van der Waals surface area contributed by atoms with Crippen molar-refractivity contribution < 1.29 is 96.6 Å². The molecule has 0 unspecified atom stereocenters. The van der Waals surface area contributed by atoms with Crippen molar-refractivity contribution in [1.82, 2.24) is 61.9 Å². The van der Waals surface area contributed by atoms with Gasteiger partial charge in [-0.25, -0.2) is 9.97 Å². The number of aromatic hydroxyl groups is 1. The standard InChI is InChI=1S/C66H94N14O20S2/c1-35-30-80-56(57(35)89)61(93)69-29-44(84)24-47(68-26-37-13-18-78(19-14-37)66-76-75-62(101-66)41-9-7-40(8-10-41)42-27-70-65(71-28-42)77-20-15-46(16-21-77)99-34-38-4-3-5-38)58(90)72-53(36(2)83)63(94)79-31-45(85)25-48(79)59(91)73-54(51(88)22-39-6-11-49(86)52(23-39)100-102(96,97)98)60(92)74-55(64(80)95)50(87)12-17-67-43(32-81)33-82/h6-11,23,27-28,35-38,43-48,50-51,53-57,67-68,81-89H,3-5,12-22,24-26,29-34H2,1-2H3,(H,69,93)(H,72,90)(H,73,91)(H,74,92)(H,96,97,98)/t35-,36+,44+,45+,47-,48-,50+,51+,53-,54-,55-,56-,57-/m0/s1. The Kier molecular flexibility index (Phi) is 26.4. The topological polar surface area (TPSA) is 494 Å². The molecule has 0 bridgehead atoms. The predicted octanol–water partition coefficient (Wildman–Crippen LogP) is -3.31. The molecule has 5 aliphatic heterocycles. The molecular formula is C66H94N14O20S2. The second kappa shape index (κ2) is 34.9. The quantitative estimate of drug-likeness (QED) is 0.0323. The summed E-state index contributed by atoms with van der Waals surface area (Å²) in [5.41, 5.74) is 2.60. The highest BCUT2D eigenvalue weighted by Gasteiger charge is 2.50. The van der Waals surface area contributed by atoms with Gasteiger partial charge in [0.05, 0.1) is 68.0 Å². The first kappa shape index (κ1) is 77.2. The van der Waals surface area contributed by atoms with E-state index >= 15 is 0 Å². The number of nitrogens with zero attached hydrogens (tertiary/aromatic N) is 8. The van der Waals surface area contributed by atoms with E-state index < -0.39 is 194 Å². The molecule has 1 aliphatic carbocycles. The highest BCUT2D eigenvalue weighted by atomic mass is 32.3. The van der Waals surface area contributed by atoms with E-state index in [2.05, 4.69) is 56.1 Å². The molecule has 13 atom stereocenters. The molecule has 34 nitrogen and oxygen atoms in total. The molecule has 560 valence electrons. The number of benzene rings is 2.